The molecule has 0 saturated heterocycles. The molecule has 0 saturated carbocycles. The molecule has 21 heavy (non-hydrogen) atoms. The van der Waals surface area contributed by atoms with Crippen molar-refractivity contribution in [2.45, 2.75) is 13.5 Å². The van der Waals surface area contributed by atoms with Crippen LogP contribution in [0.25, 0.3) is 0 Å². The quantitative estimate of drug-likeness (QED) is 0.667. The molecular formula is C15H23ClN4O. The first-order chi connectivity index (χ1) is 9.95. The van der Waals surface area contributed by atoms with Gasteiger partial charge >= 0.3 is 0 Å². The monoisotopic (exact) mass is 310 g/mol. The number of nitrogens with zero attached hydrogens (tertiary/aromatic N) is 3. The molecule has 0 aliphatic rings. The Morgan fingerprint density at radius 3 is 2.52 bits per heavy atom. The van der Waals surface area contributed by atoms with Crippen LogP contribution in [0.15, 0.2) is 29.3 Å². The van der Waals surface area contributed by atoms with Crippen molar-refractivity contribution in [2.24, 2.45) is 4.99 Å². The molecule has 0 aliphatic heterocycles. The van der Waals surface area contributed by atoms with Crippen molar-refractivity contribution >= 4 is 23.5 Å². The fourth-order valence-electron chi connectivity index (χ4n) is 1.71. The van der Waals surface area contributed by atoms with Gasteiger partial charge in [0, 0.05) is 39.3 Å². The van der Waals surface area contributed by atoms with Gasteiger partial charge in [-0.3, -0.25) is 4.79 Å². The molecule has 1 amide bonds. The van der Waals surface area contributed by atoms with Crippen molar-refractivity contribution in [3.8, 4) is 0 Å². The summed E-state index contributed by atoms with van der Waals surface area (Å²) in [5, 5.41) is 3.90. The molecule has 5 nitrogen and oxygen atoms in total. The predicted molar refractivity (Wildman–Crippen MR) is 87.6 cm³/mol. The number of guanidine groups is 1. The van der Waals surface area contributed by atoms with Gasteiger partial charge in [0.2, 0.25) is 5.91 Å². The summed E-state index contributed by atoms with van der Waals surface area (Å²) in [7, 11) is 5.36. The van der Waals surface area contributed by atoms with E-state index in [1.807, 2.05) is 43.1 Å². The van der Waals surface area contributed by atoms with E-state index >= 15 is 0 Å². The Labute approximate surface area is 131 Å². The molecule has 0 bridgehead atoms. The smallest absolute Gasteiger partial charge is 0.243 e. The second-order valence-corrected chi connectivity index (χ2v) is 5.31. The van der Waals surface area contributed by atoms with Crippen LogP contribution in [0, 0.1) is 0 Å². The van der Waals surface area contributed by atoms with Crippen molar-refractivity contribution in [1.29, 1.82) is 0 Å². The zero-order chi connectivity index (χ0) is 15.8. The second-order valence-electron chi connectivity index (χ2n) is 4.91. The minimum atomic E-state index is -0.0310. The molecule has 0 heterocycles. The topological polar surface area (TPSA) is 47.9 Å². The van der Waals surface area contributed by atoms with Crippen LogP contribution in [0.1, 0.15) is 12.5 Å². The Kier molecular flexibility index (Phi) is 7.02. The highest BCUT2D eigenvalue weighted by molar-refractivity contribution is 6.31. The van der Waals surface area contributed by atoms with Gasteiger partial charge in [0.25, 0.3) is 0 Å². The fourth-order valence-corrected chi connectivity index (χ4v) is 1.91. The molecule has 0 radical (unpaired) electrons. The summed E-state index contributed by atoms with van der Waals surface area (Å²) in [6.07, 6.45) is 0. The largest absolute Gasteiger partial charge is 0.357 e. The van der Waals surface area contributed by atoms with Gasteiger partial charge in [0.05, 0.1) is 0 Å². The first-order valence-corrected chi connectivity index (χ1v) is 7.26. The number of aliphatic imine (C=N–C) groups is 1. The van der Waals surface area contributed by atoms with E-state index in [0.717, 1.165) is 17.1 Å². The van der Waals surface area contributed by atoms with Crippen LogP contribution in [-0.2, 0) is 11.3 Å². The van der Waals surface area contributed by atoms with Crippen LogP contribution in [-0.4, -0.2) is 55.9 Å². The molecule has 116 valence electrons. The Bertz CT molecular complexity index is 502. The van der Waals surface area contributed by atoms with Crippen molar-refractivity contribution in [3.05, 3.63) is 34.9 Å². The first kappa shape index (κ1) is 17.3. The van der Waals surface area contributed by atoms with E-state index in [2.05, 4.69) is 10.3 Å². The van der Waals surface area contributed by atoms with E-state index < -0.39 is 0 Å². The second kappa shape index (κ2) is 8.52. The third kappa shape index (κ3) is 5.63. The van der Waals surface area contributed by atoms with Crippen LogP contribution in [0.3, 0.4) is 0 Å². The van der Waals surface area contributed by atoms with Crippen molar-refractivity contribution in [2.75, 3.05) is 34.2 Å². The summed E-state index contributed by atoms with van der Waals surface area (Å²) in [5.41, 5.74) is 1.02. The highest BCUT2D eigenvalue weighted by atomic mass is 35.5. The molecule has 0 fully saturated rings. The number of likely N-dealkylation sites (N-methyl/N-ethyl adjacent to an activating group) is 1. The zero-order valence-corrected chi connectivity index (χ0v) is 13.8. The summed E-state index contributed by atoms with van der Waals surface area (Å²) in [5.74, 6) is 0.657. The molecule has 1 aromatic rings. The van der Waals surface area contributed by atoms with E-state index in [1.54, 1.807) is 14.1 Å². The maximum Gasteiger partial charge on any atom is 0.243 e. The summed E-state index contributed by atoms with van der Waals surface area (Å²) in [6.45, 7) is 3.48. The number of nitrogens with one attached hydrogen (secondary N) is 1. The van der Waals surface area contributed by atoms with Gasteiger partial charge < -0.3 is 15.1 Å². The SMILES string of the molecule is CCNC(=NCC(=O)N(C)C)N(C)Cc1ccccc1Cl. The van der Waals surface area contributed by atoms with Crippen LogP contribution in [0.5, 0.6) is 0 Å². The molecule has 0 aromatic heterocycles. The molecule has 0 aliphatic carbocycles. The van der Waals surface area contributed by atoms with Crippen molar-refractivity contribution < 1.29 is 4.79 Å². The van der Waals surface area contributed by atoms with Gasteiger partial charge in [-0.25, -0.2) is 4.99 Å². The Balaban J connectivity index is 2.77. The summed E-state index contributed by atoms with van der Waals surface area (Å²) in [6, 6.07) is 7.70. The summed E-state index contributed by atoms with van der Waals surface area (Å²) < 4.78 is 0. The molecule has 6 heteroatoms. The lowest BCUT2D eigenvalue weighted by molar-refractivity contribution is -0.127. The minimum absolute atomic E-state index is 0.0310. The molecule has 0 unspecified atom stereocenters. The number of amides is 1. The van der Waals surface area contributed by atoms with Gasteiger partial charge in [0.1, 0.15) is 6.54 Å². The van der Waals surface area contributed by atoms with Crippen molar-refractivity contribution in [3.63, 3.8) is 0 Å². The molecule has 0 atom stereocenters. The van der Waals surface area contributed by atoms with Gasteiger partial charge in [-0.2, -0.15) is 0 Å². The Morgan fingerprint density at radius 1 is 1.29 bits per heavy atom. The first-order valence-electron chi connectivity index (χ1n) is 6.88. The van der Waals surface area contributed by atoms with E-state index in [4.69, 9.17) is 11.6 Å². The van der Waals surface area contributed by atoms with E-state index in [0.29, 0.717) is 12.5 Å². The highest BCUT2D eigenvalue weighted by Gasteiger charge is 2.10. The standard InChI is InChI=1S/C15H23ClN4O/c1-5-17-15(18-10-14(21)19(2)3)20(4)11-12-8-6-7-9-13(12)16/h6-9H,5,10-11H2,1-4H3,(H,17,18). The van der Waals surface area contributed by atoms with E-state index in [9.17, 15) is 4.79 Å². The Morgan fingerprint density at radius 2 is 1.95 bits per heavy atom. The lowest BCUT2D eigenvalue weighted by atomic mass is 10.2. The average molecular weight is 311 g/mol. The summed E-state index contributed by atoms with van der Waals surface area (Å²) >= 11 is 6.17. The van der Waals surface area contributed by atoms with E-state index in [1.165, 1.54) is 4.90 Å². The normalized spacial score (nSPS) is 11.2. The van der Waals surface area contributed by atoms with Gasteiger partial charge in [-0.15, -0.1) is 0 Å². The number of hydrogen-bond donors (Lipinski definition) is 1. The molecular weight excluding hydrogens is 288 g/mol. The average Bonchev–Trinajstić information content (AvgIpc) is 2.45. The van der Waals surface area contributed by atoms with Crippen LogP contribution in [0.2, 0.25) is 5.02 Å². The minimum Gasteiger partial charge on any atom is -0.357 e. The maximum absolute atomic E-state index is 11.6. The lowest BCUT2D eigenvalue weighted by Gasteiger charge is -2.22. The molecule has 1 N–H and O–H groups in total. The van der Waals surface area contributed by atoms with Crippen LogP contribution in [0.4, 0.5) is 0 Å². The van der Waals surface area contributed by atoms with Gasteiger partial charge in [0.15, 0.2) is 5.96 Å². The molecule has 1 rings (SSSR count). The lowest BCUT2D eigenvalue weighted by Crippen LogP contribution is -2.39. The highest BCUT2D eigenvalue weighted by Crippen LogP contribution is 2.16. The predicted octanol–water partition coefficient (Wildman–Crippen LogP) is 1.83. The number of benzene rings is 1. The fraction of sp³-hybridized carbons (Fsp3) is 0.467. The maximum atomic E-state index is 11.6. The summed E-state index contributed by atoms with van der Waals surface area (Å²) in [4.78, 5) is 19.5. The number of carbonyl (C=O) groups excluding carboxylic acids is 1. The number of rotatable bonds is 5. The third-order valence-corrected chi connectivity index (χ3v) is 3.29. The zero-order valence-electron chi connectivity index (χ0n) is 13.1. The van der Waals surface area contributed by atoms with Crippen LogP contribution >= 0.6 is 11.6 Å². The Hall–Kier alpha value is -1.75. The van der Waals surface area contributed by atoms with Gasteiger partial charge in [-0.05, 0) is 18.6 Å². The number of carbonyl (C=O) groups is 1. The number of hydrogen-bond acceptors (Lipinski definition) is 2. The number of halogens is 1. The molecule has 1 aromatic carbocycles. The van der Waals surface area contributed by atoms with Crippen LogP contribution < -0.4 is 5.32 Å². The van der Waals surface area contributed by atoms with Gasteiger partial charge in [-0.1, -0.05) is 29.8 Å². The van der Waals surface area contributed by atoms with E-state index in [-0.39, 0.29) is 12.5 Å². The third-order valence-electron chi connectivity index (χ3n) is 2.92. The van der Waals surface area contributed by atoms with Crippen molar-refractivity contribution in [1.82, 2.24) is 15.1 Å². The molecule has 0 spiro atoms.